The van der Waals surface area contributed by atoms with Crippen molar-refractivity contribution >= 4 is 51.9 Å². The Morgan fingerprint density at radius 2 is 2.11 bits per heavy atom. The molecule has 0 aliphatic carbocycles. The summed E-state index contributed by atoms with van der Waals surface area (Å²) in [5.74, 6) is -1.45. The van der Waals surface area contributed by atoms with Crippen molar-refractivity contribution in [1.29, 1.82) is 0 Å². The first kappa shape index (κ1) is 18.9. The molecule has 1 N–H and O–H groups in total. The minimum absolute atomic E-state index is 0.0675. The van der Waals surface area contributed by atoms with Crippen LogP contribution in [0, 0.1) is 0 Å². The van der Waals surface area contributed by atoms with Crippen LogP contribution >= 0.6 is 24.0 Å². The lowest BCUT2D eigenvalue weighted by atomic mass is 10.1. The van der Waals surface area contributed by atoms with Crippen molar-refractivity contribution in [3.8, 4) is 11.5 Å². The number of carbonyl (C=O) groups is 2. The molecule has 0 saturated carbocycles. The summed E-state index contributed by atoms with van der Waals surface area (Å²) < 4.78 is 5.60. The van der Waals surface area contributed by atoms with Crippen molar-refractivity contribution in [2.75, 3.05) is 11.5 Å². The first-order valence-electron chi connectivity index (χ1n) is 7.96. The van der Waals surface area contributed by atoms with E-state index >= 15 is 0 Å². The van der Waals surface area contributed by atoms with Crippen LogP contribution < -0.4 is 14.7 Å². The maximum atomic E-state index is 12.8. The number of carboxylic acids is 1. The van der Waals surface area contributed by atoms with E-state index in [1.807, 2.05) is 0 Å². The van der Waals surface area contributed by atoms with E-state index in [1.165, 1.54) is 23.1 Å². The Morgan fingerprint density at radius 1 is 1.33 bits per heavy atom. The summed E-state index contributed by atoms with van der Waals surface area (Å²) in [5.41, 5.74) is 1.10. The zero-order valence-corrected chi connectivity index (χ0v) is 15.8. The lowest BCUT2D eigenvalue weighted by Gasteiger charge is -2.15. The molecule has 27 heavy (non-hydrogen) atoms. The molecular formula is C19H14NO5S2-. The number of hydrogen-bond donors (Lipinski definition) is 1. The van der Waals surface area contributed by atoms with E-state index < -0.39 is 5.97 Å². The van der Waals surface area contributed by atoms with Crippen LogP contribution in [0.5, 0.6) is 11.5 Å². The number of thiocarbonyl (C=S) groups is 1. The Morgan fingerprint density at radius 3 is 2.81 bits per heavy atom. The molecule has 0 unspecified atom stereocenters. The van der Waals surface area contributed by atoms with Crippen LogP contribution in [0.25, 0.3) is 6.08 Å². The van der Waals surface area contributed by atoms with Gasteiger partial charge in [0.1, 0.15) is 5.75 Å². The lowest BCUT2D eigenvalue weighted by molar-refractivity contribution is -0.270. The number of carbonyl (C=O) groups excluding carboxylic acids is 1. The molecule has 2 aromatic carbocycles. The number of thioether (sulfide) groups is 1. The second kappa shape index (κ2) is 7.81. The molecule has 1 heterocycles. The maximum absolute atomic E-state index is 12.8. The second-order valence-electron chi connectivity index (χ2n) is 5.51. The molecule has 138 valence electrons. The Kier molecular flexibility index (Phi) is 5.48. The smallest absolute Gasteiger partial charge is 0.335 e. The van der Waals surface area contributed by atoms with Gasteiger partial charge in [0.25, 0.3) is 5.91 Å². The molecule has 1 aliphatic rings. The molecule has 8 heteroatoms. The van der Waals surface area contributed by atoms with Crippen LogP contribution in [0.3, 0.4) is 0 Å². The molecule has 1 saturated heterocycles. The number of ether oxygens (including phenoxy) is 1. The molecule has 0 spiro atoms. The van der Waals surface area contributed by atoms with Gasteiger partial charge in [-0.05, 0) is 42.8 Å². The quantitative estimate of drug-likeness (QED) is 0.608. The molecule has 3 rings (SSSR count). The van der Waals surface area contributed by atoms with Crippen LogP contribution in [0.15, 0.2) is 47.4 Å². The highest BCUT2D eigenvalue weighted by atomic mass is 32.2. The van der Waals surface area contributed by atoms with Gasteiger partial charge in [-0.1, -0.05) is 47.9 Å². The lowest BCUT2D eigenvalue weighted by Crippen LogP contribution is -2.27. The summed E-state index contributed by atoms with van der Waals surface area (Å²) in [7, 11) is 0. The highest BCUT2D eigenvalue weighted by Gasteiger charge is 2.33. The van der Waals surface area contributed by atoms with Crippen LogP contribution in [0.2, 0.25) is 0 Å². The number of carboxylic acid groups (broad SMARTS) is 1. The monoisotopic (exact) mass is 400 g/mol. The van der Waals surface area contributed by atoms with E-state index in [2.05, 4.69) is 0 Å². The predicted molar refractivity (Wildman–Crippen MR) is 106 cm³/mol. The van der Waals surface area contributed by atoms with Crippen molar-refractivity contribution < 1.29 is 24.5 Å². The summed E-state index contributed by atoms with van der Waals surface area (Å²) in [6.45, 7) is 2.14. The highest BCUT2D eigenvalue weighted by Crippen LogP contribution is 2.37. The van der Waals surface area contributed by atoms with Gasteiger partial charge < -0.3 is 14.9 Å². The number of benzene rings is 2. The standard InChI is InChI=1S/C19H15NO5S2/c1-2-25-15-8-11(6-7-14(15)21)9-16-17(22)20(19(26)27-16)13-5-3-4-12(10-13)18(23)24/h3-10,21H,2H2,1H3,(H,23,24)/p-1/b16-9-. The Balaban J connectivity index is 1.92. The number of aromatic carboxylic acids is 1. The van der Waals surface area contributed by atoms with E-state index in [-0.39, 0.29) is 23.0 Å². The molecule has 1 fully saturated rings. The van der Waals surface area contributed by atoms with Gasteiger partial charge >= 0.3 is 5.97 Å². The SMILES string of the molecule is CCOc1cc(/C=C2\SC(=S)N(c3cccc(C(=O)O)c3)C2=O)ccc1[O-]. The fourth-order valence-corrected chi connectivity index (χ4v) is 3.80. The van der Waals surface area contributed by atoms with Crippen molar-refractivity contribution in [3.63, 3.8) is 0 Å². The molecular weight excluding hydrogens is 386 g/mol. The normalized spacial score (nSPS) is 15.4. The molecule has 0 atom stereocenters. The molecule has 6 nitrogen and oxygen atoms in total. The maximum Gasteiger partial charge on any atom is 0.335 e. The molecule has 0 aromatic heterocycles. The van der Waals surface area contributed by atoms with Gasteiger partial charge in [0.15, 0.2) is 4.32 Å². The highest BCUT2D eigenvalue weighted by molar-refractivity contribution is 8.27. The minimum atomic E-state index is -1.08. The summed E-state index contributed by atoms with van der Waals surface area (Å²) in [4.78, 5) is 25.6. The fraction of sp³-hybridized carbons (Fsp3) is 0.105. The van der Waals surface area contributed by atoms with Crippen molar-refractivity contribution in [2.45, 2.75) is 6.92 Å². The topological polar surface area (TPSA) is 89.9 Å². The number of anilines is 1. The first-order chi connectivity index (χ1) is 12.9. The minimum Gasteiger partial charge on any atom is -0.870 e. The predicted octanol–water partition coefficient (Wildman–Crippen LogP) is 3.26. The molecule has 1 aliphatic heterocycles. The third kappa shape index (κ3) is 3.96. The largest absolute Gasteiger partial charge is 0.870 e. The molecule has 1 amide bonds. The molecule has 0 bridgehead atoms. The van der Waals surface area contributed by atoms with Crippen LogP contribution in [0.1, 0.15) is 22.8 Å². The Hall–Kier alpha value is -2.84. The van der Waals surface area contributed by atoms with Gasteiger partial charge in [0, 0.05) is 0 Å². The second-order valence-corrected chi connectivity index (χ2v) is 7.19. The fourth-order valence-electron chi connectivity index (χ4n) is 2.50. The van der Waals surface area contributed by atoms with Crippen LogP contribution in [0.4, 0.5) is 5.69 Å². The summed E-state index contributed by atoms with van der Waals surface area (Å²) in [6, 6.07) is 10.6. The zero-order chi connectivity index (χ0) is 19.6. The van der Waals surface area contributed by atoms with E-state index in [4.69, 9.17) is 22.1 Å². The zero-order valence-electron chi connectivity index (χ0n) is 14.2. The third-order valence-corrected chi connectivity index (χ3v) is 5.01. The Bertz CT molecular complexity index is 970. The van der Waals surface area contributed by atoms with Gasteiger partial charge in [-0.3, -0.25) is 9.69 Å². The van der Waals surface area contributed by atoms with Gasteiger partial charge in [0.05, 0.1) is 22.8 Å². The van der Waals surface area contributed by atoms with Crippen molar-refractivity contribution in [3.05, 3.63) is 58.5 Å². The first-order valence-corrected chi connectivity index (χ1v) is 9.18. The van der Waals surface area contributed by atoms with Crippen LogP contribution in [-0.4, -0.2) is 27.9 Å². The average molecular weight is 400 g/mol. The van der Waals surface area contributed by atoms with Crippen molar-refractivity contribution in [1.82, 2.24) is 0 Å². The number of nitrogens with zero attached hydrogens (tertiary/aromatic N) is 1. The van der Waals surface area contributed by atoms with E-state index in [0.29, 0.717) is 27.1 Å². The molecule has 0 radical (unpaired) electrons. The van der Waals surface area contributed by atoms with E-state index in [9.17, 15) is 14.7 Å². The van der Waals surface area contributed by atoms with Gasteiger partial charge in [-0.15, -0.1) is 0 Å². The van der Waals surface area contributed by atoms with Crippen molar-refractivity contribution in [2.24, 2.45) is 0 Å². The number of hydrogen-bond acceptors (Lipinski definition) is 6. The average Bonchev–Trinajstić information content (AvgIpc) is 2.91. The van der Waals surface area contributed by atoms with Crippen LogP contribution in [-0.2, 0) is 4.79 Å². The summed E-state index contributed by atoms with van der Waals surface area (Å²) in [6.07, 6.45) is 1.63. The molecule has 2 aromatic rings. The van der Waals surface area contributed by atoms with E-state index in [1.54, 1.807) is 37.3 Å². The van der Waals surface area contributed by atoms with Gasteiger partial charge in [0.2, 0.25) is 0 Å². The van der Waals surface area contributed by atoms with Gasteiger partial charge in [-0.2, -0.15) is 0 Å². The summed E-state index contributed by atoms with van der Waals surface area (Å²) >= 11 is 6.41. The number of rotatable bonds is 5. The Labute approximate surface area is 165 Å². The number of amides is 1. The summed E-state index contributed by atoms with van der Waals surface area (Å²) in [5, 5.41) is 20.9. The van der Waals surface area contributed by atoms with E-state index in [0.717, 1.165) is 11.8 Å². The van der Waals surface area contributed by atoms with Gasteiger partial charge in [-0.25, -0.2) is 4.79 Å². The third-order valence-electron chi connectivity index (χ3n) is 3.71.